The number of aromatic nitrogens is 2. The van der Waals surface area contributed by atoms with Gasteiger partial charge in [0.15, 0.2) is 0 Å². The van der Waals surface area contributed by atoms with Crippen molar-refractivity contribution in [3.05, 3.63) is 101 Å². The topological polar surface area (TPSA) is 63.8 Å². The van der Waals surface area contributed by atoms with Crippen molar-refractivity contribution >= 4 is 11.6 Å². The molecule has 4 rings (SSSR count). The standard InChI is InChI=1S/C24H15F3N2O3/c25-24(26,27)18-5-3-4-16(14-18)7-12-21-20(28-22-6-1-2-13-29(21)22)15-32-19-10-8-17(9-11-19)23(30)31/h1-6,8-11,13-14H,15H2,(H,30,31). The summed E-state index contributed by atoms with van der Waals surface area (Å²) >= 11 is 0. The largest absolute Gasteiger partial charge is 0.487 e. The van der Waals surface area contributed by atoms with Crippen molar-refractivity contribution in [3.8, 4) is 17.6 Å². The van der Waals surface area contributed by atoms with E-state index in [1.54, 1.807) is 22.7 Å². The van der Waals surface area contributed by atoms with Crippen LogP contribution >= 0.6 is 0 Å². The van der Waals surface area contributed by atoms with Gasteiger partial charge in [-0.25, -0.2) is 9.78 Å². The third-order valence-corrected chi connectivity index (χ3v) is 4.59. The van der Waals surface area contributed by atoms with Crippen LogP contribution in [0.1, 0.15) is 32.9 Å². The molecule has 160 valence electrons. The van der Waals surface area contributed by atoms with E-state index in [1.807, 2.05) is 6.07 Å². The first kappa shape index (κ1) is 21.0. The molecule has 0 unspecified atom stereocenters. The molecule has 2 heterocycles. The molecule has 5 nitrogen and oxygen atoms in total. The summed E-state index contributed by atoms with van der Waals surface area (Å²) in [4.78, 5) is 15.5. The summed E-state index contributed by atoms with van der Waals surface area (Å²) in [6.45, 7) is 0.0424. The molecule has 0 atom stereocenters. The number of halogens is 3. The smallest absolute Gasteiger partial charge is 0.416 e. The Morgan fingerprint density at radius 2 is 1.81 bits per heavy atom. The number of pyridine rings is 1. The minimum atomic E-state index is -4.45. The number of carboxylic acids is 1. The molecule has 0 aliphatic rings. The lowest BCUT2D eigenvalue weighted by atomic mass is 10.1. The Morgan fingerprint density at radius 1 is 1.03 bits per heavy atom. The molecular weight excluding hydrogens is 421 g/mol. The Hall–Kier alpha value is -4.25. The number of hydrogen-bond donors (Lipinski definition) is 1. The zero-order valence-corrected chi connectivity index (χ0v) is 16.4. The maximum absolute atomic E-state index is 13.0. The highest BCUT2D eigenvalue weighted by molar-refractivity contribution is 5.87. The van der Waals surface area contributed by atoms with Gasteiger partial charge in [-0.2, -0.15) is 13.2 Å². The van der Waals surface area contributed by atoms with Crippen molar-refractivity contribution in [2.45, 2.75) is 12.8 Å². The van der Waals surface area contributed by atoms with Gasteiger partial charge in [0.1, 0.15) is 29.4 Å². The van der Waals surface area contributed by atoms with Crippen molar-refractivity contribution in [2.75, 3.05) is 0 Å². The van der Waals surface area contributed by atoms with Crippen LogP contribution in [0.5, 0.6) is 5.75 Å². The summed E-state index contributed by atoms with van der Waals surface area (Å²) in [5.41, 5.74) is 1.19. The van der Waals surface area contributed by atoms with Gasteiger partial charge in [-0.05, 0) is 60.5 Å². The van der Waals surface area contributed by atoms with Crippen LogP contribution in [-0.2, 0) is 12.8 Å². The van der Waals surface area contributed by atoms with Crippen LogP contribution in [0.3, 0.4) is 0 Å². The molecule has 8 heteroatoms. The van der Waals surface area contributed by atoms with E-state index in [4.69, 9.17) is 9.84 Å². The molecule has 4 aromatic rings. The first-order chi connectivity index (χ1) is 15.3. The van der Waals surface area contributed by atoms with Crippen molar-refractivity contribution < 1.29 is 27.8 Å². The molecule has 0 amide bonds. The van der Waals surface area contributed by atoms with E-state index in [2.05, 4.69) is 16.8 Å². The minimum absolute atomic E-state index is 0.0424. The summed E-state index contributed by atoms with van der Waals surface area (Å²) in [5.74, 6) is 5.11. The van der Waals surface area contributed by atoms with Crippen molar-refractivity contribution in [3.63, 3.8) is 0 Å². The molecule has 0 saturated heterocycles. The van der Waals surface area contributed by atoms with E-state index in [1.165, 1.54) is 36.4 Å². The third-order valence-electron chi connectivity index (χ3n) is 4.59. The zero-order chi connectivity index (χ0) is 22.7. The normalized spacial score (nSPS) is 11.1. The van der Waals surface area contributed by atoms with Crippen LogP contribution < -0.4 is 4.74 Å². The lowest BCUT2D eigenvalue weighted by Gasteiger charge is -2.06. The van der Waals surface area contributed by atoms with Gasteiger partial charge in [-0.3, -0.25) is 4.40 Å². The Bertz CT molecular complexity index is 1350. The second-order valence-electron chi connectivity index (χ2n) is 6.78. The number of hydrogen-bond acceptors (Lipinski definition) is 3. The first-order valence-corrected chi connectivity index (χ1v) is 9.43. The molecule has 0 radical (unpaired) electrons. The van der Waals surface area contributed by atoms with E-state index in [0.717, 1.165) is 12.1 Å². The van der Waals surface area contributed by atoms with Crippen molar-refractivity contribution in [2.24, 2.45) is 0 Å². The predicted molar refractivity (Wildman–Crippen MR) is 110 cm³/mol. The molecule has 0 bridgehead atoms. The van der Waals surface area contributed by atoms with Gasteiger partial charge in [0, 0.05) is 11.8 Å². The molecule has 2 aromatic heterocycles. The molecule has 0 aliphatic carbocycles. The van der Waals surface area contributed by atoms with Gasteiger partial charge in [-0.15, -0.1) is 0 Å². The van der Waals surface area contributed by atoms with Gasteiger partial charge >= 0.3 is 12.1 Å². The fourth-order valence-electron chi connectivity index (χ4n) is 3.03. The highest BCUT2D eigenvalue weighted by Crippen LogP contribution is 2.29. The maximum Gasteiger partial charge on any atom is 0.416 e. The van der Waals surface area contributed by atoms with E-state index >= 15 is 0 Å². The Morgan fingerprint density at radius 3 is 2.53 bits per heavy atom. The van der Waals surface area contributed by atoms with Crippen LogP contribution in [0.15, 0.2) is 72.9 Å². The van der Waals surface area contributed by atoms with Gasteiger partial charge in [0.05, 0.1) is 11.1 Å². The molecule has 32 heavy (non-hydrogen) atoms. The highest BCUT2D eigenvalue weighted by Gasteiger charge is 2.30. The summed E-state index contributed by atoms with van der Waals surface area (Å²) in [7, 11) is 0. The van der Waals surface area contributed by atoms with E-state index in [-0.39, 0.29) is 17.7 Å². The lowest BCUT2D eigenvalue weighted by molar-refractivity contribution is -0.137. The third kappa shape index (κ3) is 4.57. The van der Waals surface area contributed by atoms with Crippen LogP contribution in [0.25, 0.3) is 5.65 Å². The number of nitrogens with zero attached hydrogens (tertiary/aromatic N) is 2. The Labute approximate surface area is 180 Å². The SMILES string of the molecule is O=C(O)c1ccc(OCc2nc3ccccn3c2C#Cc2cccc(C(F)(F)F)c2)cc1. The number of imidazole rings is 1. The number of alkyl halides is 3. The maximum atomic E-state index is 13.0. The molecule has 0 saturated carbocycles. The van der Waals surface area contributed by atoms with Crippen LogP contribution in [-0.4, -0.2) is 20.5 Å². The summed E-state index contributed by atoms with van der Waals surface area (Å²) in [6.07, 6.45) is -2.69. The number of fused-ring (bicyclic) bond motifs is 1. The second-order valence-corrected chi connectivity index (χ2v) is 6.78. The molecule has 0 spiro atoms. The number of aromatic carboxylic acids is 1. The van der Waals surface area contributed by atoms with Crippen LogP contribution in [0, 0.1) is 11.8 Å². The molecular formula is C24H15F3N2O3. The van der Waals surface area contributed by atoms with Gasteiger partial charge in [-0.1, -0.05) is 18.1 Å². The quantitative estimate of drug-likeness (QED) is 0.456. The molecule has 1 N–H and O–H groups in total. The Balaban J connectivity index is 1.64. The summed E-state index contributed by atoms with van der Waals surface area (Å²) in [6, 6.07) is 16.1. The lowest BCUT2D eigenvalue weighted by Crippen LogP contribution is -2.04. The Kier molecular flexibility index (Phi) is 5.56. The predicted octanol–water partition coefficient (Wildman–Crippen LogP) is 5.03. The fourth-order valence-corrected chi connectivity index (χ4v) is 3.03. The number of rotatable bonds is 4. The highest BCUT2D eigenvalue weighted by atomic mass is 19.4. The average Bonchev–Trinajstić information content (AvgIpc) is 3.13. The summed E-state index contributed by atoms with van der Waals surface area (Å²) in [5, 5.41) is 8.98. The van der Waals surface area contributed by atoms with Gasteiger partial charge in [0.2, 0.25) is 0 Å². The average molecular weight is 436 g/mol. The monoisotopic (exact) mass is 436 g/mol. The van der Waals surface area contributed by atoms with Crippen molar-refractivity contribution in [1.29, 1.82) is 0 Å². The first-order valence-electron chi connectivity index (χ1n) is 9.43. The van der Waals surface area contributed by atoms with Crippen LogP contribution in [0.2, 0.25) is 0 Å². The van der Waals surface area contributed by atoms with Gasteiger partial charge < -0.3 is 9.84 Å². The molecule has 0 aliphatic heterocycles. The van der Waals surface area contributed by atoms with Gasteiger partial charge in [0.25, 0.3) is 0 Å². The van der Waals surface area contributed by atoms with Crippen LogP contribution in [0.4, 0.5) is 13.2 Å². The van der Waals surface area contributed by atoms with E-state index in [0.29, 0.717) is 22.8 Å². The van der Waals surface area contributed by atoms with Crippen molar-refractivity contribution in [1.82, 2.24) is 9.38 Å². The minimum Gasteiger partial charge on any atom is -0.487 e. The molecule has 0 fully saturated rings. The van der Waals surface area contributed by atoms with E-state index in [9.17, 15) is 18.0 Å². The number of carbonyl (C=O) groups is 1. The number of carboxylic acid groups (broad SMARTS) is 1. The van der Waals surface area contributed by atoms with E-state index < -0.39 is 17.7 Å². The summed E-state index contributed by atoms with van der Waals surface area (Å²) < 4.78 is 46.4. The number of ether oxygens (including phenoxy) is 1. The fraction of sp³-hybridized carbons (Fsp3) is 0.0833. The second kappa shape index (κ2) is 8.47. The number of benzene rings is 2. The molecule has 2 aromatic carbocycles. The zero-order valence-electron chi connectivity index (χ0n) is 16.4.